The van der Waals surface area contributed by atoms with Crippen molar-refractivity contribution < 1.29 is 13.9 Å². The second-order valence-corrected chi connectivity index (χ2v) is 8.83. The van der Waals surface area contributed by atoms with Gasteiger partial charge >= 0.3 is 5.97 Å². The molecule has 9 heteroatoms. The minimum absolute atomic E-state index is 0.286. The maximum atomic E-state index is 12.6. The Bertz CT molecular complexity index is 1200. The number of aromatic nitrogens is 2. The first-order valence-electron chi connectivity index (χ1n) is 10.4. The number of ether oxygens (including phenoxy) is 1. The number of thioether (sulfide) groups is 1. The van der Waals surface area contributed by atoms with Crippen molar-refractivity contribution in [3.63, 3.8) is 0 Å². The van der Waals surface area contributed by atoms with E-state index < -0.39 is 12.0 Å². The number of esters is 1. The highest BCUT2D eigenvalue weighted by atomic mass is 35.5. The van der Waals surface area contributed by atoms with E-state index >= 15 is 0 Å². The quantitative estimate of drug-likeness (QED) is 0.466. The lowest BCUT2D eigenvalue weighted by Crippen LogP contribution is -2.30. The number of carbonyl (C=O) groups is 1. The second kappa shape index (κ2) is 10.2. The maximum Gasteiger partial charge on any atom is 0.338 e. The van der Waals surface area contributed by atoms with Crippen molar-refractivity contribution in [3.8, 4) is 11.5 Å². The number of nitrogens with zero attached hydrogens (tertiary/aromatic N) is 3. The number of allylic oxidation sites excluding steroid dienone is 1. The summed E-state index contributed by atoms with van der Waals surface area (Å²) in [4.78, 5) is 17.4. The summed E-state index contributed by atoms with van der Waals surface area (Å²) >= 11 is 7.47. The van der Waals surface area contributed by atoms with Gasteiger partial charge in [0.1, 0.15) is 6.04 Å². The van der Waals surface area contributed by atoms with Gasteiger partial charge < -0.3 is 14.5 Å². The lowest BCUT2D eigenvalue weighted by Gasteiger charge is -2.25. The molecule has 0 fully saturated rings. The van der Waals surface area contributed by atoms with Crippen LogP contribution in [0.3, 0.4) is 0 Å². The van der Waals surface area contributed by atoms with Crippen LogP contribution in [-0.4, -0.2) is 27.9 Å². The molecule has 0 saturated carbocycles. The summed E-state index contributed by atoms with van der Waals surface area (Å²) in [5.74, 6) is 1.000. The van der Waals surface area contributed by atoms with Crippen LogP contribution in [-0.2, 0) is 15.3 Å². The summed E-state index contributed by atoms with van der Waals surface area (Å²) in [6.07, 6.45) is 0. The molecule has 1 aliphatic heterocycles. The summed E-state index contributed by atoms with van der Waals surface area (Å²) in [6.45, 7) is 5.93. The molecule has 0 saturated heterocycles. The molecule has 0 radical (unpaired) electrons. The highest BCUT2D eigenvalue weighted by Crippen LogP contribution is 2.34. The molecule has 4 rings (SSSR count). The highest BCUT2D eigenvalue weighted by Gasteiger charge is 2.30. The molecule has 1 atom stereocenters. The van der Waals surface area contributed by atoms with Gasteiger partial charge in [0.05, 0.1) is 17.9 Å². The molecule has 33 heavy (non-hydrogen) atoms. The maximum absolute atomic E-state index is 12.6. The van der Waals surface area contributed by atoms with Crippen LogP contribution in [0.4, 0.5) is 0 Å². The first-order valence-corrected chi connectivity index (χ1v) is 11.8. The van der Waals surface area contributed by atoms with Crippen molar-refractivity contribution in [2.45, 2.75) is 32.6 Å². The third-order valence-corrected chi connectivity index (χ3v) is 6.12. The predicted molar refractivity (Wildman–Crippen MR) is 130 cm³/mol. The molecule has 7 nitrogen and oxygen atoms in total. The van der Waals surface area contributed by atoms with Crippen LogP contribution < -0.4 is 5.32 Å². The van der Waals surface area contributed by atoms with Crippen LogP contribution in [0.25, 0.3) is 11.5 Å². The Kier molecular flexibility index (Phi) is 7.15. The van der Waals surface area contributed by atoms with Crippen molar-refractivity contribution in [1.82, 2.24) is 15.5 Å². The van der Waals surface area contributed by atoms with Gasteiger partial charge in [0.2, 0.25) is 11.8 Å². The summed E-state index contributed by atoms with van der Waals surface area (Å²) in [5, 5.41) is 12.8. The topological polar surface area (TPSA) is 89.6 Å². The zero-order valence-electron chi connectivity index (χ0n) is 18.5. The number of halogens is 1. The van der Waals surface area contributed by atoms with Crippen molar-refractivity contribution in [2.75, 3.05) is 6.61 Å². The molecular formula is C24H23ClN4O3S. The van der Waals surface area contributed by atoms with Crippen LogP contribution in [0.2, 0.25) is 5.02 Å². The van der Waals surface area contributed by atoms with E-state index in [0.29, 0.717) is 39.0 Å². The van der Waals surface area contributed by atoms with Gasteiger partial charge in [0.15, 0.2) is 5.17 Å². The molecule has 2 heterocycles. The molecule has 0 aliphatic carbocycles. The smallest absolute Gasteiger partial charge is 0.338 e. The van der Waals surface area contributed by atoms with Gasteiger partial charge in [-0.2, -0.15) is 0 Å². The first-order chi connectivity index (χ1) is 15.9. The molecular weight excluding hydrogens is 460 g/mol. The Labute approximate surface area is 201 Å². The number of hydrogen-bond donors (Lipinski definition) is 1. The monoisotopic (exact) mass is 482 g/mol. The summed E-state index contributed by atoms with van der Waals surface area (Å²) in [6, 6.07) is 14.7. The van der Waals surface area contributed by atoms with Gasteiger partial charge in [-0.15, -0.1) is 10.2 Å². The number of rotatable bonds is 6. The number of aryl methyl sites for hydroxylation is 1. The van der Waals surface area contributed by atoms with Gasteiger partial charge in [-0.3, -0.25) is 0 Å². The largest absolute Gasteiger partial charge is 0.463 e. The van der Waals surface area contributed by atoms with Crippen LogP contribution >= 0.6 is 23.4 Å². The van der Waals surface area contributed by atoms with E-state index in [0.717, 1.165) is 16.7 Å². The molecule has 0 bridgehead atoms. The van der Waals surface area contributed by atoms with E-state index in [9.17, 15) is 4.79 Å². The van der Waals surface area contributed by atoms with Crippen LogP contribution in [0.1, 0.15) is 36.9 Å². The summed E-state index contributed by atoms with van der Waals surface area (Å²) < 4.78 is 11.1. The van der Waals surface area contributed by atoms with E-state index in [4.69, 9.17) is 25.7 Å². The van der Waals surface area contributed by atoms with Crippen molar-refractivity contribution in [1.29, 1.82) is 0 Å². The van der Waals surface area contributed by atoms with Gasteiger partial charge in [0, 0.05) is 16.3 Å². The Morgan fingerprint density at radius 3 is 2.55 bits per heavy atom. The third kappa shape index (κ3) is 5.46. The van der Waals surface area contributed by atoms with Gasteiger partial charge in [-0.05, 0) is 50.6 Å². The number of amidine groups is 1. The van der Waals surface area contributed by atoms with Crippen molar-refractivity contribution >= 4 is 34.5 Å². The molecule has 3 aromatic rings. The minimum atomic E-state index is -0.504. The zero-order valence-corrected chi connectivity index (χ0v) is 20.0. The normalized spacial score (nSPS) is 15.8. The minimum Gasteiger partial charge on any atom is -0.463 e. The second-order valence-electron chi connectivity index (χ2n) is 7.43. The standard InChI is InChI=1S/C24H23ClN4O3S/c1-4-31-23(30)20-15(3)26-24(27-21(20)16-9-11-18(25)12-10-16)33-13-19-28-29-22(32-19)17-7-5-14(2)6-8-17/h5-12,21H,4,13H2,1-3H3,(H,26,27). The van der Waals surface area contributed by atoms with Crippen LogP contribution in [0.15, 0.2) is 69.2 Å². The zero-order chi connectivity index (χ0) is 23.4. The van der Waals surface area contributed by atoms with E-state index in [2.05, 4.69) is 15.5 Å². The van der Waals surface area contributed by atoms with Gasteiger partial charge in [0.25, 0.3) is 0 Å². The molecule has 0 spiro atoms. The molecule has 0 amide bonds. The van der Waals surface area contributed by atoms with Crippen LogP contribution in [0.5, 0.6) is 0 Å². The van der Waals surface area contributed by atoms with E-state index in [1.165, 1.54) is 11.8 Å². The molecule has 170 valence electrons. The van der Waals surface area contributed by atoms with Crippen LogP contribution in [0, 0.1) is 6.92 Å². The Morgan fingerprint density at radius 1 is 1.12 bits per heavy atom. The summed E-state index contributed by atoms with van der Waals surface area (Å²) in [5.41, 5.74) is 4.05. The third-order valence-electron chi connectivity index (χ3n) is 5.00. The van der Waals surface area contributed by atoms with Gasteiger partial charge in [-0.1, -0.05) is 53.2 Å². The molecule has 1 aliphatic rings. The van der Waals surface area contributed by atoms with E-state index in [1.54, 1.807) is 19.1 Å². The molecule has 1 aromatic heterocycles. The number of aliphatic imine (C=N–C) groups is 1. The number of hydrogen-bond acceptors (Lipinski definition) is 8. The number of nitrogens with one attached hydrogen (secondary N) is 1. The molecule has 1 unspecified atom stereocenters. The molecule has 2 aromatic carbocycles. The Balaban J connectivity index is 1.53. The Hall–Kier alpha value is -3.10. The van der Waals surface area contributed by atoms with Gasteiger partial charge in [-0.25, -0.2) is 9.79 Å². The SMILES string of the molecule is CCOC(=O)C1=C(C)NC(SCc2nnc(-c3ccc(C)cc3)o2)=NC1c1ccc(Cl)cc1. The lowest BCUT2D eigenvalue weighted by atomic mass is 9.97. The fraction of sp³-hybridized carbons (Fsp3) is 0.250. The first kappa shape index (κ1) is 23.1. The highest BCUT2D eigenvalue weighted by molar-refractivity contribution is 8.13. The molecule has 1 N–H and O–H groups in total. The number of benzene rings is 2. The average Bonchev–Trinajstić information content (AvgIpc) is 3.27. The number of carbonyl (C=O) groups excluding carboxylic acids is 1. The predicted octanol–water partition coefficient (Wildman–Crippen LogP) is 5.47. The fourth-order valence-electron chi connectivity index (χ4n) is 3.33. The Morgan fingerprint density at radius 2 is 1.85 bits per heavy atom. The summed E-state index contributed by atoms with van der Waals surface area (Å²) in [7, 11) is 0. The van der Waals surface area contributed by atoms with Crippen molar-refractivity contribution in [3.05, 3.63) is 81.8 Å². The van der Waals surface area contributed by atoms with Crippen molar-refractivity contribution in [2.24, 2.45) is 4.99 Å². The van der Waals surface area contributed by atoms with E-state index in [1.807, 2.05) is 50.2 Å². The lowest BCUT2D eigenvalue weighted by molar-refractivity contribution is -0.138. The fourth-order valence-corrected chi connectivity index (χ4v) is 4.24. The van der Waals surface area contributed by atoms with E-state index in [-0.39, 0.29) is 6.61 Å². The average molecular weight is 483 g/mol.